The van der Waals surface area contributed by atoms with Crippen molar-refractivity contribution in [3.8, 4) is 0 Å². The van der Waals surface area contributed by atoms with E-state index in [-0.39, 0.29) is 18.1 Å². The molecule has 5 nitrogen and oxygen atoms in total. The molecule has 1 aromatic rings. The van der Waals surface area contributed by atoms with E-state index in [9.17, 15) is 9.90 Å². The van der Waals surface area contributed by atoms with Gasteiger partial charge in [-0.3, -0.25) is 4.79 Å². The van der Waals surface area contributed by atoms with Crippen LogP contribution in [-0.4, -0.2) is 55.7 Å². The van der Waals surface area contributed by atoms with Gasteiger partial charge in [-0.15, -0.1) is 0 Å². The molecule has 0 saturated carbocycles. The van der Waals surface area contributed by atoms with Crippen LogP contribution in [0.2, 0.25) is 0 Å². The molecule has 1 saturated heterocycles. The second-order valence-corrected chi connectivity index (χ2v) is 6.29. The highest BCUT2D eigenvalue weighted by Crippen LogP contribution is 2.24. The molecule has 2 unspecified atom stereocenters. The van der Waals surface area contributed by atoms with Gasteiger partial charge in [0.1, 0.15) is 0 Å². The molecule has 2 atom stereocenters. The zero-order valence-electron chi connectivity index (χ0n) is 13.7. The molecule has 1 aliphatic heterocycles. The van der Waals surface area contributed by atoms with Crippen molar-refractivity contribution in [1.82, 2.24) is 10.2 Å². The number of nitrogens with zero attached hydrogens (tertiary/aromatic N) is 2. The predicted molar refractivity (Wildman–Crippen MR) is 89.0 cm³/mol. The minimum atomic E-state index is -0.388. The van der Waals surface area contributed by atoms with Crippen LogP contribution in [0, 0.1) is 0 Å². The fraction of sp³-hybridized carbons (Fsp3) is 0.588. The lowest BCUT2D eigenvalue weighted by molar-refractivity contribution is -0.117. The van der Waals surface area contributed by atoms with Gasteiger partial charge >= 0.3 is 0 Å². The van der Waals surface area contributed by atoms with Crippen molar-refractivity contribution < 1.29 is 9.90 Å². The molecule has 0 spiro atoms. The van der Waals surface area contributed by atoms with Crippen molar-refractivity contribution in [3.63, 3.8) is 0 Å². The lowest BCUT2D eigenvalue weighted by atomic mass is 10.1. The van der Waals surface area contributed by atoms with Crippen LogP contribution in [0.15, 0.2) is 24.3 Å². The number of nitrogens with one attached hydrogen (secondary N) is 1. The summed E-state index contributed by atoms with van der Waals surface area (Å²) in [6, 6.07) is 8.24. The first-order valence-corrected chi connectivity index (χ1v) is 7.94. The number of carbonyl (C=O) groups is 1. The van der Waals surface area contributed by atoms with Crippen LogP contribution in [0.3, 0.4) is 0 Å². The van der Waals surface area contributed by atoms with Crippen LogP contribution in [0.4, 0.5) is 5.69 Å². The van der Waals surface area contributed by atoms with Crippen molar-refractivity contribution in [2.24, 2.45) is 0 Å². The van der Waals surface area contributed by atoms with Gasteiger partial charge < -0.3 is 20.2 Å². The van der Waals surface area contributed by atoms with Crippen molar-refractivity contribution in [3.05, 3.63) is 29.8 Å². The lowest BCUT2D eigenvalue weighted by Crippen LogP contribution is -2.36. The third kappa shape index (κ3) is 4.53. The Hall–Kier alpha value is -1.43. The summed E-state index contributed by atoms with van der Waals surface area (Å²) in [5.74, 6) is 0.208. The standard InChI is InChI=1S/C17H27N3O2/c1-13(18-11-16(21)12-19(2)3)14-6-4-7-15(10-14)20-9-5-8-17(20)22/h4,6-7,10,13,16,18,21H,5,8-9,11-12H2,1-3H3. The summed E-state index contributed by atoms with van der Waals surface area (Å²) in [6.07, 6.45) is 1.20. The topological polar surface area (TPSA) is 55.8 Å². The molecular weight excluding hydrogens is 278 g/mol. The van der Waals surface area contributed by atoms with Crippen molar-refractivity contribution in [2.45, 2.75) is 31.9 Å². The van der Waals surface area contributed by atoms with Crippen LogP contribution in [0.25, 0.3) is 0 Å². The molecule has 5 heteroatoms. The molecule has 0 radical (unpaired) electrons. The highest BCUT2D eigenvalue weighted by Gasteiger charge is 2.22. The van der Waals surface area contributed by atoms with E-state index in [1.165, 1.54) is 0 Å². The normalized spacial score (nSPS) is 18.0. The van der Waals surface area contributed by atoms with E-state index < -0.39 is 0 Å². The first-order valence-electron chi connectivity index (χ1n) is 7.94. The molecular formula is C17H27N3O2. The van der Waals surface area contributed by atoms with Gasteiger partial charge in [-0.25, -0.2) is 0 Å². The Labute approximate surface area is 132 Å². The van der Waals surface area contributed by atoms with Gasteiger partial charge in [-0.1, -0.05) is 12.1 Å². The molecule has 1 aromatic carbocycles. The quantitative estimate of drug-likeness (QED) is 0.799. The van der Waals surface area contributed by atoms with Gasteiger partial charge in [0.05, 0.1) is 6.10 Å². The molecule has 1 aliphatic rings. The van der Waals surface area contributed by atoms with E-state index in [1.807, 2.05) is 36.0 Å². The largest absolute Gasteiger partial charge is 0.390 e. The molecule has 2 rings (SSSR count). The minimum absolute atomic E-state index is 0.134. The lowest BCUT2D eigenvalue weighted by Gasteiger charge is -2.22. The first-order chi connectivity index (χ1) is 10.5. The Kier molecular flexibility index (Phi) is 5.94. The SMILES string of the molecule is CC(NCC(O)CN(C)C)c1cccc(N2CCCC2=O)c1. The average Bonchev–Trinajstić information content (AvgIpc) is 2.90. The van der Waals surface area contributed by atoms with E-state index in [4.69, 9.17) is 0 Å². The van der Waals surface area contributed by atoms with Crippen molar-refractivity contribution in [2.75, 3.05) is 38.6 Å². The summed E-state index contributed by atoms with van der Waals surface area (Å²) in [6.45, 7) is 4.08. The first kappa shape index (κ1) is 16.9. The molecule has 2 N–H and O–H groups in total. The average molecular weight is 305 g/mol. The van der Waals surface area contributed by atoms with Gasteiger partial charge in [0.25, 0.3) is 0 Å². The van der Waals surface area contributed by atoms with E-state index in [1.54, 1.807) is 0 Å². The van der Waals surface area contributed by atoms with Crippen LogP contribution >= 0.6 is 0 Å². The molecule has 0 aromatic heterocycles. The number of anilines is 1. The van der Waals surface area contributed by atoms with E-state index in [0.29, 0.717) is 19.5 Å². The number of benzene rings is 1. The number of carbonyl (C=O) groups excluding carboxylic acids is 1. The summed E-state index contributed by atoms with van der Waals surface area (Å²) < 4.78 is 0. The van der Waals surface area contributed by atoms with Gasteiger partial charge in [-0.2, -0.15) is 0 Å². The summed E-state index contributed by atoms with van der Waals surface area (Å²) in [5, 5.41) is 13.3. The Balaban J connectivity index is 1.95. The highest BCUT2D eigenvalue weighted by molar-refractivity contribution is 5.95. The highest BCUT2D eigenvalue weighted by atomic mass is 16.3. The van der Waals surface area contributed by atoms with E-state index in [0.717, 1.165) is 24.2 Å². The summed E-state index contributed by atoms with van der Waals surface area (Å²) in [5.41, 5.74) is 2.11. The summed E-state index contributed by atoms with van der Waals surface area (Å²) in [7, 11) is 3.90. The van der Waals surface area contributed by atoms with E-state index in [2.05, 4.69) is 24.4 Å². The van der Waals surface area contributed by atoms with Crippen LogP contribution < -0.4 is 10.2 Å². The number of hydrogen-bond acceptors (Lipinski definition) is 4. The second-order valence-electron chi connectivity index (χ2n) is 6.29. The maximum absolute atomic E-state index is 11.8. The van der Waals surface area contributed by atoms with Crippen LogP contribution in [0.1, 0.15) is 31.4 Å². The Morgan fingerprint density at radius 2 is 2.18 bits per heavy atom. The third-order valence-electron chi connectivity index (χ3n) is 3.99. The summed E-state index contributed by atoms with van der Waals surface area (Å²) in [4.78, 5) is 15.7. The zero-order chi connectivity index (χ0) is 16.1. The Morgan fingerprint density at radius 3 is 2.82 bits per heavy atom. The number of rotatable bonds is 7. The third-order valence-corrected chi connectivity index (χ3v) is 3.99. The maximum atomic E-state index is 11.8. The monoisotopic (exact) mass is 305 g/mol. The molecule has 0 aliphatic carbocycles. The van der Waals surface area contributed by atoms with Gasteiger partial charge in [-0.05, 0) is 45.1 Å². The fourth-order valence-electron chi connectivity index (χ4n) is 2.80. The van der Waals surface area contributed by atoms with Crippen molar-refractivity contribution >= 4 is 11.6 Å². The molecule has 122 valence electrons. The second kappa shape index (κ2) is 7.72. The van der Waals surface area contributed by atoms with Gasteiger partial charge in [0, 0.05) is 37.8 Å². The predicted octanol–water partition coefficient (Wildman–Crippen LogP) is 1.39. The Morgan fingerprint density at radius 1 is 1.41 bits per heavy atom. The number of likely N-dealkylation sites (N-methyl/N-ethyl adjacent to an activating group) is 1. The molecule has 0 bridgehead atoms. The van der Waals surface area contributed by atoms with Gasteiger partial charge in [0.2, 0.25) is 5.91 Å². The van der Waals surface area contributed by atoms with Gasteiger partial charge in [0.15, 0.2) is 0 Å². The van der Waals surface area contributed by atoms with Crippen LogP contribution in [0.5, 0.6) is 0 Å². The smallest absolute Gasteiger partial charge is 0.227 e. The minimum Gasteiger partial charge on any atom is -0.390 e. The zero-order valence-corrected chi connectivity index (χ0v) is 13.7. The fourth-order valence-corrected chi connectivity index (χ4v) is 2.80. The number of aliphatic hydroxyl groups excluding tert-OH is 1. The maximum Gasteiger partial charge on any atom is 0.227 e. The molecule has 22 heavy (non-hydrogen) atoms. The molecule has 1 amide bonds. The molecule has 1 fully saturated rings. The van der Waals surface area contributed by atoms with E-state index >= 15 is 0 Å². The number of aliphatic hydroxyl groups is 1. The Bertz CT molecular complexity index is 504. The van der Waals surface area contributed by atoms with Crippen LogP contribution in [-0.2, 0) is 4.79 Å². The number of amides is 1. The van der Waals surface area contributed by atoms with Crippen molar-refractivity contribution in [1.29, 1.82) is 0 Å². The summed E-state index contributed by atoms with van der Waals surface area (Å²) >= 11 is 0. The molecule has 1 heterocycles. The number of hydrogen-bond donors (Lipinski definition) is 2.